The van der Waals surface area contributed by atoms with Gasteiger partial charge in [-0.25, -0.2) is 0 Å². The third kappa shape index (κ3) is 5.07. The van der Waals surface area contributed by atoms with Crippen LogP contribution in [0.25, 0.3) is 0 Å². The van der Waals surface area contributed by atoms with Gasteiger partial charge >= 0.3 is 0 Å². The summed E-state index contributed by atoms with van der Waals surface area (Å²) in [6.07, 6.45) is 0. The predicted molar refractivity (Wildman–Crippen MR) is 126 cm³/mol. The number of rotatable bonds is 8. The summed E-state index contributed by atoms with van der Waals surface area (Å²) in [7, 11) is 6.08. The minimum Gasteiger partial charge on any atom is -0.505 e. The first kappa shape index (κ1) is 23.6. The highest BCUT2D eigenvalue weighted by molar-refractivity contribution is 5.98. The molecule has 3 rings (SSSR count). The molecule has 0 spiro atoms. The SMILES string of the molecule is COC[C@@H](Nc1c(Nc2cccc(C(=O)N(C)C)c2O)c(=O)n(C)[nH]c1=O)c1ccccc1. The number of aromatic nitrogens is 2. The van der Waals surface area contributed by atoms with Crippen molar-refractivity contribution < 1.29 is 14.6 Å². The summed E-state index contributed by atoms with van der Waals surface area (Å²) in [5.41, 5.74) is -0.163. The number of hydrogen-bond donors (Lipinski definition) is 4. The summed E-state index contributed by atoms with van der Waals surface area (Å²) in [5.74, 6) is -0.737. The number of carbonyl (C=O) groups excluding carboxylic acids is 1. The van der Waals surface area contributed by atoms with Crippen LogP contribution >= 0.6 is 0 Å². The molecule has 10 heteroatoms. The summed E-state index contributed by atoms with van der Waals surface area (Å²) in [4.78, 5) is 39.5. The van der Waals surface area contributed by atoms with Crippen LogP contribution in [-0.4, -0.2) is 53.5 Å². The molecule has 4 N–H and O–H groups in total. The zero-order chi connectivity index (χ0) is 24.1. The van der Waals surface area contributed by atoms with E-state index in [1.165, 1.54) is 31.2 Å². The number of aromatic amines is 1. The monoisotopic (exact) mass is 453 g/mol. The number of nitrogens with one attached hydrogen (secondary N) is 3. The van der Waals surface area contributed by atoms with Crippen LogP contribution < -0.4 is 21.8 Å². The molecular weight excluding hydrogens is 426 g/mol. The molecule has 0 unspecified atom stereocenters. The fourth-order valence-corrected chi connectivity index (χ4v) is 3.34. The lowest BCUT2D eigenvalue weighted by atomic mass is 10.1. The average molecular weight is 453 g/mol. The second-order valence-electron chi connectivity index (χ2n) is 7.64. The molecule has 1 amide bonds. The Morgan fingerprint density at radius 3 is 2.45 bits per heavy atom. The fourth-order valence-electron chi connectivity index (χ4n) is 3.34. The molecule has 0 saturated heterocycles. The third-order valence-electron chi connectivity index (χ3n) is 5.05. The van der Waals surface area contributed by atoms with Crippen LogP contribution in [0, 0.1) is 0 Å². The molecule has 1 atom stereocenters. The van der Waals surface area contributed by atoms with E-state index in [-0.39, 0.29) is 35.0 Å². The van der Waals surface area contributed by atoms with E-state index in [0.29, 0.717) is 0 Å². The largest absolute Gasteiger partial charge is 0.505 e. The quantitative estimate of drug-likeness (QED) is 0.384. The molecule has 0 saturated carbocycles. The van der Waals surface area contributed by atoms with Crippen LogP contribution in [0.2, 0.25) is 0 Å². The Balaban J connectivity index is 2.09. The van der Waals surface area contributed by atoms with Gasteiger partial charge in [0, 0.05) is 28.3 Å². The van der Waals surface area contributed by atoms with E-state index in [9.17, 15) is 19.5 Å². The zero-order valence-electron chi connectivity index (χ0n) is 18.9. The lowest BCUT2D eigenvalue weighted by Crippen LogP contribution is -2.33. The zero-order valence-corrected chi connectivity index (χ0v) is 18.9. The molecule has 2 aromatic carbocycles. The van der Waals surface area contributed by atoms with Crippen molar-refractivity contribution in [1.29, 1.82) is 0 Å². The number of aromatic hydroxyl groups is 1. The van der Waals surface area contributed by atoms with E-state index in [0.717, 1.165) is 10.2 Å². The van der Waals surface area contributed by atoms with Crippen LogP contribution in [0.5, 0.6) is 5.75 Å². The molecule has 0 fully saturated rings. The van der Waals surface area contributed by atoms with Crippen LogP contribution in [-0.2, 0) is 11.8 Å². The van der Waals surface area contributed by atoms with Crippen molar-refractivity contribution in [1.82, 2.24) is 14.7 Å². The van der Waals surface area contributed by atoms with Crippen molar-refractivity contribution >= 4 is 23.0 Å². The van der Waals surface area contributed by atoms with Gasteiger partial charge in [0.15, 0.2) is 5.75 Å². The molecule has 10 nitrogen and oxygen atoms in total. The molecule has 1 heterocycles. The number of carbonyl (C=O) groups is 1. The number of para-hydroxylation sites is 1. The number of ether oxygens (including phenoxy) is 1. The summed E-state index contributed by atoms with van der Waals surface area (Å²) in [6.45, 7) is 0.232. The van der Waals surface area contributed by atoms with Gasteiger partial charge in [-0.15, -0.1) is 0 Å². The number of phenolic OH excluding ortho intramolecular Hbond substituents is 1. The van der Waals surface area contributed by atoms with E-state index >= 15 is 0 Å². The van der Waals surface area contributed by atoms with Crippen LogP contribution in [0.4, 0.5) is 17.1 Å². The van der Waals surface area contributed by atoms with E-state index in [2.05, 4.69) is 15.7 Å². The number of methoxy groups -OCH3 is 1. The molecule has 1 aromatic heterocycles. The Labute approximate surface area is 190 Å². The second kappa shape index (κ2) is 10.0. The standard InChI is InChI=1S/C23H27N5O5/c1-27(2)22(31)15-11-8-12-16(20(15)29)24-19-18(21(30)26-28(3)23(19)32)25-17(13-33-4)14-9-6-5-7-10-14/h5-12,17,24-25,29H,13H2,1-4H3,(H,26,30)/t17-/m1/s1. The van der Waals surface area contributed by atoms with Gasteiger partial charge in [-0.05, 0) is 17.7 Å². The fraction of sp³-hybridized carbons (Fsp3) is 0.261. The van der Waals surface area contributed by atoms with Gasteiger partial charge in [0.2, 0.25) is 0 Å². The normalized spacial score (nSPS) is 11.6. The molecule has 0 aliphatic carbocycles. The Morgan fingerprint density at radius 2 is 1.82 bits per heavy atom. The third-order valence-corrected chi connectivity index (χ3v) is 5.05. The van der Waals surface area contributed by atoms with Crippen molar-refractivity contribution in [2.45, 2.75) is 6.04 Å². The van der Waals surface area contributed by atoms with E-state index in [4.69, 9.17) is 4.74 Å². The van der Waals surface area contributed by atoms with Crippen LogP contribution in [0.1, 0.15) is 22.0 Å². The Hall–Kier alpha value is -4.05. The molecule has 0 bridgehead atoms. The molecule has 0 aliphatic heterocycles. The summed E-state index contributed by atoms with van der Waals surface area (Å²) < 4.78 is 6.34. The molecule has 3 aromatic rings. The number of benzene rings is 2. The number of nitrogens with zero attached hydrogens (tertiary/aromatic N) is 2. The van der Waals surface area contributed by atoms with E-state index in [1.807, 2.05) is 30.3 Å². The van der Waals surface area contributed by atoms with E-state index in [1.54, 1.807) is 20.2 Å². The maximum atomic E-state index is 13.0. The molecule has 33 heavy (non-hydrogen) atoms. The van der Waals surface area contributed by atoms with Crippen LogP contribution in [0.3, 0.4) is 0 Å². The minimum absolute atomic E-state index is 0.0206. The number of phenols is 1. The summed E-state index contributed by atoms with van der Waals surface area (Å²) in [6, 6.07) is 13.5. The maximum absolute atomic E-state index is 13.0. The highest BCUT2D eigenvalue weighted by atomic mass is 16.5. The Bertz CT molecular complexity index is 1250. The van der Waals surface area contributed by atoms with Gasteiger partial charge in [-0.1, -0.05) is 36.4 Å². The molecule has 0 aliphatic rings. The average Bonchev–Trinajstić information content (AvgIpc) is 2.80. The highest BCUT2D eigenvalue weighted by Crippen LogP contribution is 2.32. The predicted octanol–water partition coefficient (Wildman–Crippen LogP) is 2.02. The Morgan fingerprint density at radius 1 is 1.12 bits per heavy atom. The smallest absolute Gasteiger partial charge is 0.290 e. The summed E-state index contributed by atoms with van der Waals surface area (Å²) in [5, 5.41) is 19.1. The topological polar surface area (TPSA) is 129 Å². The maximum Gasteiger partial charge on any atom is 0.290 e. The second-order valence-corrected chi connectivity index (χ2v) is 7.64. The number of hydrogen-bond acceptors (Lipinski definition) is 7. The number of amides is 1. The number of H-pyrrole nitrogens is 1. The van der Waals surface area contributed by atoms with Crippen molar-refractivity contribution in [2.24, 2.45) is 7.05 Å². The Kier molecular flexibility index (Phi) is 7.19. The van der Waals surface area contributed by atoms with Crippen molar-refractivity contribution in [3.05, 3.63) is 80.4 Å². The summed E-state index contributed by atoms with van der Waals surface area (Å²) >= 11 is 0. The first-order chi connectivity index (χ1) is 15.7. The van der Waals surface area contributed by atoms with Crippen LogP contribution in [0.15, 0.2) is 58.1 Å². The number of anilines is 3. The van der Waals surface area contributed by atoms with Crippen molar-refractivity contribution in [3.63, 3.8) is 0 Å². The van der Waals surface area contributed by atoms with Gasteiger partial charge in [-0.2, -0.15) is 0 Å². The molecule has 0 radical (unpaired) electrons. The van der Waals surface area contributed by atoms with Gasteiger partial charge in [-0.3, -0.25) is 24.2 Å². The lowest BCUT2D eigenvalue weighted by Gasteiger charge is -2.22. The van der Waals surface area contributed by atoms with Crippen molar-refractivity contribution in [3.8, 4) is 5.75 Å². The lowest BCUT2D eigenvalue weighted by molar-refractivity contribution is 0.0824. The van der Waals surface area contributed by atoms with Gasteiger partial charge < -0.3 is 25.4 Å². The first-order valence-corrected chi connectivity index (χ1v) is 10.2. The molecule has 174 valence electrons. The minimum atomic E-state index is -0.545. The van der Waals surface area contributed by atoms with Gasteiger partial charge in [0.05, 0.1) is 23.9 Å². The van der Waals surface area contributed by atoms with E-state index < -0.39 is 23.1 Å². The van der Waals surface area contributed by atoms with Gasteiger partial charge in [0.1, 0.15) is 11.4 Å². The molecular formula is C23H27N5O5. The first-order valence-electron chi connectivity index (χ1n) is 10.2. The number of aryl methyl sites for hydroxylation is 1. The van der Waals surface area contributed by atoms with Gasteiger partial charge in [0.25, 0.3) is 17.0 Å². The highest BCUT2D eigenvalue weighted by Gasteiger charge is 2.22. The van der Waals surface area contributed by atoms with Crippen molar-refractivity contribution in [2.75, 3.05) is 38.4 Å².